The second kappa shape index (κ2) is 9.17. The fourth-order valence-electron chi connectivity index (χ4n) is 2.27. The largest absolute Gasteiger partial charge is 0.380 e. The van der Waals surface area contributed by atoms with Crippen LogP contribution in [0.4, 0.5) is 0 Å². The molecule has 0 saturated carbocycles. The average Bonchev–Trinajstić information content (AvgIpc) is 2.23. The van der Waals surface area contributed by atoms with E-state index >= 15 is 0 Å². The lowest BCUT2D eigenvalue weighted by molar-refractivity contribution is 0.0554. The Morgan fingerprint density at radius 3 is 2.13 bits per heavy atom. The molecule has 0 aromatic carbocycles. The second-order valence-electron chi connectivity index (χ2n) is 4.59. The first-order valence-corrected chi connectivity index (χ1v) is 6.39. The lowest BCUT2D eigenvalue weighted by Crippen LogP contribution is -2.40. The van der Waals surface area contributed by atoms with E-state index in [0.29, 0.717) is 12.1 Å². The zero-order valence-electron chi connectivity index (χ0n) is 11.2. The quantitative estimate of drug-likeness (QED) is 0.637. The van der Waals surface area contributed by atoms with Crippen LogP contribution in [0.1, 0.15) is 52.9 Å². The zero-order chi connectivity index (χ0) is 11.7. The molecule has 15 heavy (non-hydrogen) atoms. The van der Waals surface area contributed by atoms with Crippen molar-refractivity contribution in [3.63, 3.8) is 0 Å². The van der Waals surface area contributed by atoms with E-state index in [0.717, 1.165) is 12.3 Å². The van der Waals surface area contributed by atoms with Gasteiger partial charge in [0.1, 0.15) is 0 Å². The van der Waals surface area contributed by atoms with Crippen LogP contribution in [0, 0.1) is 5.92 Å². The van der Waals surface area contributed by atoms with Crippen LogP contribution < -0.4 is 5.32 Å². The first-order chi connectivity index (χ1) is 7.19. The van der Waals surface area contributed by atoms with Crippen molar-refractivity contribution in [1.29, 1.82) is 0 Å². The molecule has 2 nitrogen and oxygen atoms in total. The smallest absolute Gasteiger partial charge is 0.0724 e. The van der Waals surface area contributed by atoms with Crippen molar-refractivity contribution in [3.05, 3.63) is 0 Å². The number of likely N-dealkylation sites (N-methyl/N-ethyl adjacent to an activating group) is 1. The van der Waals surface area contributed by atoms with Crippen LogP contribution in [0.3, 0.4) is 0 Å². The zero-order valence-corrected chi connectivity index (χ0v) is 11.2. The van der Waals surface area contributed by atoms with Gasteiger partial charge in [-0.15, -0.1) is 0 Å². The third kappa shape index (κ3) is 6.16. The third-order valence-electron chi connectivity index (χ3n) is 3.13. The molecule has 0 aliphatic rings. The van der Waals surface area contributed by atoms with Crippen molar-refractivity contribution in [2.24, 2.45) is 5.92 Å². The van der Waals surface area contributed by atoms with Crippen LogP contribution in [-0.2, 0) is 4.74 Å². The lowest BCUT2D eigenvalue weighted by atomic mass is 9.93. The van der Waals surface area contributed by atoms with E-state index in [-0.39, 0.29) is 0 Å². The molecule has 0 bridgehead atoms. The van der Waals surface area contributed by atoms with Gasteiger partial charge in [-0.25, -0.2) is 0 Å². The molecule has 3 unspecified atom stereocenters. The fourth-order valence-corrected chi connectivity index (χ4v) is 2.27. The molecule has 0 heterocycles. The predicted octanol–water partition coefficient (Wildman–Crippen LogP) is 3.22. The molecule has 92 valence electrons. The molecular weight excluding hydrogens is 186 g/mol. The normalized spacial score (nSPS) is 17.4. The van der Waals surface area contributed by atoms with Gasteiger partial charge in [0.15, 0.2) is 0 Å². The van der Waals surface area contributed by atoms with Crippen molar-refractivity contribution in [3.8, 4) is 0 Å². The van der Waals surface area contributed by atoms with Crippen molar-refractivity contribution in [1.82, 2.24) is 5.32 Å². The molecule has 1 N–H and O–H groups in total. The van der Waals surface area contributed by atoms with Crippen LogP contribution in [0.2, 0.25) is 0 Å². The van der Waals surface area contributed by atoms with Gasteiger partial charge in [0.2, 0.25) is 0 Å². The summed E-state index contributed by atoms with van der Waals surface area (Å²) in [5.74, 6) is 0.793. The molecule has 3 atom stereocenters. The average molecular weight is 215 g/mol. The predicted molar refractivity (Wildman–Crippen MR) is 67.2 cm³/mol. The molecule has 0 aliphatic heterocycles. The molecule has 0 radical (unpaired) electrons. The molecular formula is C13H29NO. The fraction of sp³-hybridized carbons (Fsp3) is 1.00. The summed E-state index contributed by atoms with van der Waals surface area (Å²) in [6.45, 7) is 6.81. The van der Waals surface area contributed by atoms with E-state index in [1.54, 1.807) is 0 Å². The van der Waals surface area contributed by atoms with Gasteiger partial charge in [-0.2, -0.15) is 0 Å². The Labute approximate surface area is 95.8 Å². The summed E-state index contributed by atoms with van der Waals surface area (Å²) in [4.78, 5) is 0. The second-order valence-corrected chi connectivity index (χ2v) is 4.59. The number of nitrogens with one attached hydrogen (secondary N) is 1. The molecule has 0 saturated heterocycles. The highest BCUT2D eigenvalue weighted by molar-refractivity contribution is 4.77. The summed E-state index contributed by atoms with van der Waals surface area (Å²) in [6.07, 6.45) is 6.55. The number of rotatable bonds is 9. The van der Waals surface area contributed by atoms with Crippen molar-refractivity contribution < 1.29 is 4.74 Å². The monoisotopic (exact) mass is 215 g/mol. The number of methoxy groups -OCH3 is 1. The van der Waals surface area contributed by atoms with Crippen LogP contribution in [0.5, 0.6) is 0 Å². The number of hydrogen-bond acceptors (Lipinski definition) is 2. The van der Waals surface area contributed by atoms with Crippen LogP contribution >= 0.6 is 0 Å². The van der Waals surface area contributed by atoms with E-state index in [2.05, 4.69) is 26.1 Å². The van der Waals surface area contributed by atoms with E-state index in [1.165, 1.54) is 25.7 Å². The Balaban J connectivity index is 4.07. The van der Waals surface area contributed by atoms with Crippen molar-refractivity contribution in [2.75, 3.05) is 14.2 Å². The van der Waals surface area contributed by atoms with E-state index < -0.39 is 0 Å². The molecule has 0 aromatic rings. The van der Waals surface area contributed by atoms with Gasteiger partial charge in [0, 0.05) is 13.2 Å². The van der Waals surface area contributed by atoms with Crippen LogP contribution in [0.25, 0.3) is 0 Å². The minimum absolute atomic E-state index is 0.374. The van der Waals surface area contributed by atoms with Gasteiger partial charge in [-0.3, -0.25) is 0 Å². The highest BCUT2D eigenvalue weighted by atomic mass is 16.5. The van der Waals surface area contributed by atoms with E-state index in [1.807, 2.05) is 14.2 Å². The van der Waals surface area contributed by atoms with Crippen LogP contribution in [-0.4, -0.2) is 26.3 Å². The van der Waals surface area contributed by atoms with Crippen molar-refractivity contribution >= 4 is 0 Å². The van der Waals surface area contributed by atoms with Crippen molar-refractivity contribution in [2.45, 2.75) is 65.0 Å². The summed E-state index contributed by atoms with van der Waals surface area (Å²) in [5, 5.41) is 3.40. The molecule has 0 amide bonds. The first kappa shape index (κ1) is 14.9. The number of ether oxygens (including phenoxy) is 1. The molecule has 0 spiro atoms. The van der Waals surface area contributed by atoms with Gasteiger partial charge >= 0.3 is 0 Å². The molecule has 0 aliphatic carbocycles. The van der Waals surface area contributed by atoms with Gasteiger partial charge in [0.05, 0.1) is 6.10 Å². The molecule has 0 aromatic heterocycles. The van der Waals surface area contributed by atoms with Gasteiger partial charge in [0.25, 0.3) is 0 Å². The highest BCUT2D eigenvalue weighted by Gasteiger charge is 2.20. The Morgan fingerprint density at radius 1 is 1.13 bits per heavy atom. The summed E-state index contributed by atoms with van der Waals surface area (Å²) in [7, 11) is 3.88. The summed E-state index contributed by atoms with van der Waals surface area (Å²) in [6, 6.07) is 0.511. The standard InChI is InChI=1S/C13H29NO/c1-6-8-11(3)10-12(14-4)13(15-5)9-7-2/h11-14H,6-10H2,1-5H3. The highest BCUT2D eigenvalue weighted by Crippen LogP contribution is 2.17. The summed E-state index contributed by atoms with van der Waals surface area (Å²) >= 11 is 0. The summed E-state index contributed by atoms with van der Waals surface area (Å²) < 4.78 is 5.56. The topological polar surface area (TPSA) is 21.3 Å². The van der Waals surface area contributed by atoms with Gasteiger partial charge in [-0.1, -0.05) is 40.0 Å². The van der Waals surface area contributed by atoms with E-state index in [4.69, 9.17) is 4.74 Å². The SMILES string of the molecule is CCCC(C)CC(NC)C(CCC)OC. The Morgan fingerprint density at radius 2 is 1.73 bits per heavy atom. The minimum Gasteiger partial charge on any atom is -0.380 e. The van der Waals surface area contributed by atoms with Gasteiger partial charge in [-0.05, 0) is 25.8 Å². The minimum atomic E-state index is 0.374. The number of hydrogen-bond donors (Lipinski definition) is 1. The molecule has 0 rings (SSSR count). The molecule has 2 heteroatoms. The van der Waals surface area contributed by atoms with Gasteiger partial charge < -0.3 is 10.1 Å². The Bertz CT molecular complexity index is 138. The maximum Gasteiger partial charge on any atom is 0.0724 e. The first-order valence-electron chi connectivity index (χ1n) is 6.39. The third-order valence-corrected chi connectivity index (χ3v) is 3.13. The maximum atomic E-state index is 5.56. The van der Waals surface area contributed by atoms with E-state index in [9.17, 15) is 0 Å². The van der Waals surface area contributed by atoms with Crippen LogP contribution in [0.15, 0.2) is 0 Å². The Kier molecular flexibility index (Phi) is 9.12. The maximum absolute atomic E-state index is 5.56. The summed E-state index contributed by atoms with van der Waals surface area (Å²) in [5.41, 5.74) is 0. The molecule has 0 fully saturated rings. The lowest BCUT2D eigenvalue weighted by Gasteiger charge is -2.27. The Hall–Kier alpha value is -0.0800.